The third kappa shape index (κ3) is 3.61. The predicted octanol–water partition coefficient (Wildman–Crippen LogP) is 4.16. The molecule has 0 aliphatic rings. The van der Waals surface area contributed by atoms with Crippen LogP contribution >= 0.6 is 11.6 Å². The van der Waals surface area contributed by atoms with E-state index in [9.17, 15) is 4.39 Å². The van der Waals surface area contributed by atoms with Crippen LogP contribution in [0.4, 0.5) is 15.8 Å². The lowest BCUT2D eigenvalue weighted by Crippen LogP contribution is -2.08. The largest absolute Gasteiger partial charge is 0.379 e. The molecule has 0 bridgehead atoms. The van der Waals surface area contributed by atoms with E-state index < -0.39 is 0 Å². The van der Waals surface area contributed by atoms with E-state index in [1.807, 2.05) is 43.3 Å². The van der Waals surface area contributed by atoms with Gasteiger partial charge >= 0.3 is 0 Å². The van der Waals surface area contributed by atoms with Gasteiger partial charge in [0.05, 0.1) is 5.69 Å². The zero-order chi connectivity index (χ0) is 13.8. The van der Waals surface area contributed by atoms with Crippen LogP contribution in [0, 0.1) is 5.82 Å². The Kier molecular flexibility index (Phi) is 4.27. The molecule has 1 N–H and O–H groups in total. The van der Waals surface area contributed by atoms with Crippen LogP contribution in [-0.2, 0) is 6.54 Å². The number of benzene rings is 2. The Labute approximate surface area is 117 Å². The highest BCUT2D eigenvalue weighted by atomic mass is 35.5. The fourth-order valence-electron chi connectivity index (χ4n) is 1.74. The monoisotopic (exact) mass is 278 g/mol. The SMILES string of the molecule is CN(C)c1ccc(CNc2cc(Cl)ccc2F)cc1. The first-order valence-electron chi connectivity index (χ1n) is 6.01. The molecular weight excluding hydrogens is 263 g/mol. The third-order valence-electron chi connectivity index (χ3n) is 2.86. The highest BCUT2D eigenvalue weighted by Gasteiger charge is 2.03. The van der Waals surface area contributed by atoms with Gasteiger partial charge in [0, 0.05) is 31.4 Å². The van der Waals surface area contributed by atoms with Crippen LogP contribution < -0.4 is 10.2 Å². The molecule has 0 aliphatic carbocycles. The number of anilines is 2. The van der Waals surface area contributed by atoms with Crippen molar-refractivity contribution in [3.8, 4) is 0 Å². The first-order valence-corrected chi connectivity index (χ1v) is 6.39. The van der Waals surface area contributed by atoms with Crippen molar-refractivity contribution in [2.45, 2.75) is 6.54 Å². The fourth-order valence-corrected chi connectivity index (χ4v) is 1.91. The van der Waals surface area contributed by atoms with Gasteiger partial charge in [-0.25, -0.2) is 4.39 Å². The molecule has 0 fully saturated rings. The van der Waals surface area contributed by atoms with Gasteiger partial charge in [0.2, 0.25) is 0 Å². The third-order valence-corrected chi connectivity index (χ3v) is 3.10. The van der Waals surface area contributed by atoms with Crippen molar-refractivity contribution >= 4 is 23.0 Å². The minimum absolute atomic E-state index is 0.297. The maximum atomic E-state index is 13.5. The van der Waals surface area contributed by atoms with Crippen LogP contribution in [-0.4, -0.2) is 14.1 Å². The summed E-state index contributed by atoms with van der Waals surface area (Å²) in [7, 11) is 3.99. The quantitative estimate of drug-likeness (QED) is 0.903. The van der Waals surface area contributed by atoms with Crippen molar-refractivity contribution in [3.05, 3.63) is 58.9 Å². The van der Waals surface area contributed by atoms with Crippen LogP contribution in [0.3, 0.4) is 0 Å². The van der Waals surface area contributed by atoms with Gasteiger partial charge in [-0.1, -0.05) is 23.7 Å². The Morgan fingerprint density at radius 2 is 1.79 bits per heavy atom. The van der Waals surface area contributed by atoms with E-state index in [1.54, 1.807) is 6.07 Å². The molecular formula is C15H16ClFN2. The minimum atomic E-state index is -0.297. The molecule has 0 aliphatic heterocycles. The van der Waals surface area contributed by atoms with Crippen LogP contribution in [0.25, 0.3) is 0 Å². The lowest BCUT2D eigenvalue weighted by molar-refractivity contribution is 0.630. The standard InChI is InChI=1S/C15H16ClFN2/c1-19(2)13-6-3-11(4-7-13)10-18-15-9-12(16)5-8-14(15)17/h3-9,18H,10H2,1-2H3. The van der Waals surface area contributed by atoms with E-state index in [4.69, 9.17) is 11.6 Å². The highest BCUT2D eigenvalue weighted by molar-refractivity contribution is 6.30. The molecule has 0 atom stereocenters. The van der Waals surface area contributed by atoms with Gasteiger partial charge in [0.1, 0.15) is 5.82 Å². The van der Waals surface area contributed by atoms with Crippen molar-refractivity contribution in [1.82, 2.24) is 0 Å². The summed E-state index contributed by atoms with van der Waals surface area (Å²) in [6.45, 7) is 0.560. The second-order valence-electron chi connectivity index (χ2n) is 4.54. The molecule has 2 aromatic carbocycles. The molecule has 2 rings (SSSR count). The Balaban J connectivity index is 2.04. The van der Waals surface area contributed by atoms with Crippen molar-refractivity contribution in [1.29, 1.82) is 0 Å². The number of nitrogens with zero attached hydrogens (tertiary/aromatic N) is 1. The van der Waals surface area contributed by atoms with E-state index in [-0.39, 0.29) is 5.82 Å². The maximum absolute atomic E-state index is 13.5. The normalized spacial score (nSPS) is 10.3. The smallest absolute Gasteiger partial charge is 0.146 e. The van der Waals surface area contributed by atoms with Crippen molar-refractivity contribution < 1.29 is 4.39 Å². The summed E-state index contributed by atoms with van der Waals surface area (Å²) in [6, 6.07) is 12.6. The van der Waals surface area contributed by atoms with E-state index in [0.29, 0.717) is 17.3 Å². The molecule has 19 heavy (non-hydrogen) atoms. The molecule has 0 unspecified atom stereocenters. The minimum Gasteiger partial charge on any atom is -0.379 e. The van der Waals surface area contributed by atoms with Crippen LogP contribution in [0.5, 0.6) is 0 Å². The molecule has 0 saturated carbocycles. The summed E-state index contributed by atoms with van der Waals surface area (Å²) in [4.78, 5) is 2.04. The summed E-state index contributed by atoms with van der Waals surface area (Å²) >= 11 is 5.84. The van der Waals surface area contributed by atoms with Crippen molar-refractivity contribution in [2.75, 3.05) is 24.3 Å². The highest BCUT2D eigenvalue weighted by Crippen LogP contribution is 2.20. The predicted molar refractivity (Wildman–Crippen MR) is 79.5 cm³/mol. The Morgan fingerprint density at radius 1 is 1.11 bits per heavy atom. The summed E-state index contributed by atoms with van der Waals surface area (Å²) in [5, 5.41) is 3.57. The fraction of sp³-hybridized carbons (Fsp3) is 0.200. The first-order chi connectivity index (χ1) is 9.06. The van der Waals surface area contributed by atoms with Gasteiger partial charge in [0.25, 0.3) is 0 Å². The van der Waals surface area contributed by atoms with Gasteiger partial charge in [-0.05, 0) is 35.9 Å². The topological polar surface area (TPSA) is 15.3 Å². The number of nitrogens with one attached hydrogen (secondary N) is 1. The van der Waals surface area contributed by atoms with Crippen LogP contribution in [0.15, 0.2) is 42.5 Å². The Bertz CT molecular complexity index is 553. The molecule has 4 heteroatoms. The van der Waals surface area contributed by atoms with E-state index in [2.05, 4.69) is 5.32 Å². The zero-order valence-electron chi connectivity index (χ0n) is 11.0. The average molecular weight is 279 g/mol. The molecule has 0 amide bonds. The number of rotatable bonds is 4. The first kappa shape index (κ1) is 13.7. The van der Waals surface area contributed by atoms with Crippen LogP contribution in [0.1, 0.15) is 5.56 Å². The molecule has 0 heterocycles. The Morgan fingerprint density at radius 3 is 2.42 bits per heavy atom. The Hall–Kier alpha value is -1.74. The number of halogens is 2. The molecule has 2 nitrogen and oxygen atoms in total. The van der Waals surface area contributed by atoms with Gasteiger partial charge in [-0.15, -0.1) is 0 Å². The lowest BCUT2D eigenvalue weighted by Gasteiger charge is -2.13. The molecule has 100 valence electrons. The zero-order valence-corrected chi connectivity index (χ0v) is 11.7. The second kappa shape index (κ2) is 5.93. The van der Waals surface area contributed by atoms with Gasteiger partial charge in [-0.2, -0.15) is 0 Å². The summed E-state index contributed by atoms with van der Waals surface area (Å²) in [5.74, 6) is -0.297. The van der Waals surface area contributed by atoms with E-state index in [1.165, 1.54) is 12.1 Å². The van der Waals surface area contributed by atoms with E-state index in [0.717, 1.165) is 11.3 Å². The van der Waals surface area contributed by atoms with Gasteiger partial charge in [0.15, 0.2) is 0 Å². The number of hydrogen-bond donors (Lipinski definition) is 1. The van der Waals surface area contributed by atoms with Gasteiger partial charge < -0.3 is 10.2 Å². The molecule has 0 spiro atoms. The second-order valence-corrected chi connectivity index (χ2v) is 4.98. The average Bonchev–Trinajstić information content (AvgIpc) is 2.40. The van der Waals surface area contributed by atoms with Crippen molar-refractivity contribution in [2.24, 2.45) is 0 Å². The van der Waals surface area contributed by atoms with E-state index >= 15 is 0 Å². The summed E-state index contributed by atoms with van der Waals surface area (Å²) < 4.78 is 13.5. The molecule has 2 aromatic rings. The van der Waals surface area contributed by atoms with Crippen molar-refractivity contribution in [3.63, 3.8) is 0 Å². The summed E-state index contributed by atoms with van der Waals surface area (Å²) in [6.07, 6.45) is 0. The molecule has 0 aromatic heterocycles. The number of hydrogen-bond acceptors (Lipinski definition) is 2. The van der Waals surface area contributed by atoms with Gasteiger partial charge in [-0.3, -0.25) is 0 Å². The molecule has 0 saturated heterocycles. The maximum Gasteiger partial charge on any atom is 0.146 e. The van der Waals surface area contributed by atoms with Crippen LogP contribution in [0.2, 0.25) is 5.02 Å². The molecule has 0 radical (unpaired) electrons. The summed E-state index contributed by atoms with van der Waals surface area (Å²) in [5.41, 5.74) is 2.65. The lowest BCUT2D eigenvalue weighted by atomic mass is 10.2.